The molecule has 0 aromatic heterocycles. The maximum atomic E-state index is 10.3. The Kier molecular flexibility index (Phi) is 3.83. The number of fused-ring (bicyclic) bond motifs is 1. The van der Waals surface area contributed by atoms with Gasteiger partial charge in [0.2, 0.25) is 0 Å². The predicted molar refractivity (Wildman–Crippen MR) is 91.0 cm³/mol. The van der Waals surface area contributed by atoms with Gasteiger partial charge in [-0.05, 0) is 42.0 Å². The molecule has 0 unspecified atom stereocenters. The monoisotopic (exact) mass is 317 g/mol. The summed E-state index contributed by atoms with van der Waals surface area (Å²) in [6.07, 6.45) is 3.46. The Morgan fingerprint density at radius 3 is 2.52 bits per heavy atom. The third kappa shape index (κ3) is 2.23. The fraction of sp³-hybridized carbons (Fsp3) is 0.579. The number of likely N-dealkylation sites (N-methyl/N-ethyl adjacent to an activating group) is 1. The molecule has 3 rings (SSSR count). The van der Waals surface area contributed by atoms with Crippen LogP contribution in [0.5, 0.6) is 11.5 Å². The molecule has 2 atom stereocenters. The molecule has 0 saturated carbocycles. The van der Waals surface area contributed by atoms with Crippen LogP contribution in [0.3, 0.4) is 0 Å². The van der Waals surface area contributed by atoms with Crippen LogP contribution in [-0.4, -0.2) is 43.9 Å². The van der Waals surface area contributed by atoms with Gasteiger partial charge in [0.25, 0.3) is 0 Å². The third-order valence-corrected chi connectivity index (χ3v) is 5.77. The van der Waals surface area contributed by atoms with Crippen LogP contribution < -0.4 is 9.47 Å². The third-order valence-electron chi connectivity index (χ3n) is 5.77. The number of hydrogen-bond acceptors (Lipinski definition) is 4. The summed E-state index contributed by atoms with van der Waals surface area (Å²) < 4.78 is 10.9. The van der Waals surface area contributed by atoms with E-state index in [0.717, 1.165) is 30.9 Å². The molecule has 2 aliphatic rings. The zero-order valence-electron chi connectivity index (χ0n) is 14.7. The van der Waals surface area contributed by atoms with Gasteiger partial charge in [-0.3, -0.25) is 0 Å². The summed E-state index contributed by atoms with van der Waals surface area (Å²) in [5, 5.41) is 10.3. The molecule has 1 saturated heterocycles. The number of allylic oxidation sites excluding steroid dienone is 1. The van der Waals surface area contributed by atoms with E-state index in [0.29, 0.717) is 0 Å². The molecule has 1 aromatic rings. The van der Waals surface area contributed by atoms with E-state index in [1.807, 2.05) is 12.1 Å². The number of likely N-dealkylation sites (tertiary alicyclic amines) is 1. The van der Waals surface area contributed by atoms with Crippen molar-refractivity contribution < 1.29 is 14.6 Å². The second-order valence-corrected chi connectivity index (χ2v) is 7.35. The first-order valence-electron chi connectivity index (χ1n) is 8.20. The van der Waals surface area contributed by atoms with Crippen LogP contribution in [0.15, 0.2) is 30.0 Å². The Balaban J connectivity index is 2.20. The molecule has 1 N–H and O–H groups in total. The first-order chi connectivity index (χ1) is 10.9. The quantitative estimate of drug-likeness (QED) is 0.931. The lowest BCUT2D eigenvalue weighted by atomic mass is 9.55. The van der Waals surface area contributed by atoms with Gasteiger partial charge in [0.1, 0.15) is 0 Å². The molecule has 1 fully saturated rings. The van der Waals surface area contributed by atoms with Crippen molar-refractivity contribution in [1.29, 1.82) is 0 Å². The number of hydrogen-bond donors (Lipinski definition) is 1. The van der Waals surface area contributed by atoms with Crippen molar-refractivity contribution in [1.82, 2.24) is 4.90 Å². The summed E-state index contributed by atoms with van der Waals surface area (Å²) in [4.78, 5) is 2.28. The molecule has 126 valence electrons. The van der Waals surface area contributed by atoms with Gasteiger partial charge in [0, 0.05) is 24.7 Å². The van der Waals surface area contributed by atoms with Gasteiger partial charge in [-0.1, -0.05) is 19.9 Å². The zero-order chi connectivity index (χ0) is 16.8. The lowest BCUT2D eigenvalue weighted by Crippen LogP contribution is -2.47. The molecule has 0 bridgehead atoms. The SMILES string of the molecule is COc1ccc([C@]23CCN(C)C2=C[C@H](O)CC3(C)C)cc1OC. The summed E-state index contributed by atoms with van der Waals surface area (Å²) >= 11 is 0. The van der Waals surface area contributed by atoms with Gasteiger partial charge in [0.05, 0.1) is 20.3 Å². The molecule has 0 amide bonds. The summed E-state index contributed by atoms with van der Waals surface area (Å²) in [7, 11) is 5.44. The van der Waals surface area contributed by atoms with E-state index in [9.17, 15) is 5.11 Å². The molecule has 1 heterocycles. The zero-order valence-corrected chi connectivity index (χ0v) is 14.7. The number of nitrogens with zero attached hydrogens (tertiary/aromatic N) is 1. The fourth-order valence-electron chi connectivity index (χ4n) is 4.59. The lowest BCUT2D eigenvalue weighted by molar-refractivity contribution is 0.0800. The largest absolute Gasteiger partial charge is 0.493 e. The van der Waals surface area contributed by atoms with Crippen molar-refractivity contribution in [3.63, 3.8) is 0 Å². The highest BCUT2D eigenvalue weighted by Gasteiger charge is 2.56. The Bertz CT molecular complexity index is 638. The summed E-state index contributed by atoms with van der Waals surface area (Å²) in [5.74, 6) is 1.51. The van der Waals surface area contributed by atoms with Gasteiger partial charge in [-0.25, -0.2) is 0 Å². The van der Waals surface area contributed by atoms with Gasteiger partial charge in [-0.2, -0.15) is 0 Å². The number of ether oxygens (including phenoxy) is 2. The molecule has 0 radical (unpaired) electrons. The summed E-state index contributed by atoms with van der Waals surface area (Å²) in [6.45, 7) is 5.52. The van der Waals surface area contributed by atoms with Crippen LogP contribution in [0.2, 0.25) is 0 Å². The Hall–Kier alpha value is -1.68. The van der Waals surface area contributed by atoms with E-state index in [1.165, 1.54) is 11.3 Å². The summed E-state index contributed by atoms with van der Waals surface area (Å²) in [5.41, 5.74) is 2.33. The lowest BCUT2D eigenvalue weighted by Gasteiger charge is -2.50. The second kappa shape index (κ2) is 5.45. The van der Waals surface area contributed by atoms with Crippen LogP contribution in [-0.2, 0) is 5.41 Å². The van der Waals surface area contributed by atoms with E-state index < -0.39 is 0 Å². The van der Waals surface area contributed by atoms with Crippen LogP contribution in [0.25, 0.3) is 0 Å². The van der Waals surface area contributed by atoms with Crippen molar-refractivity contribution in [3.8, 4) is 11.5 Å². The number of rotatable bonds is 3. The highest BCUT2D eigenvalue weighted by molar-refractivity contribution is 5.51. The Morgan fingerprint density at radius 2 is 1.87 bits per heavy atom. The minimum Gasteiger partial charge on any atom is -0.493 e. The highest BCUT2D eigenvalue weighted by Crippen LogP contribution is 2.59. The number of aliphatic hydroxyl groups excluding tert-OH is 1. The maximum absolute atomic E-state index is 10.3. The minimum absolute atomic E-state index is 0.0408. The van der Waals surface area contributed by atoms with E-state index in [1.54, 1.807) is 14.2 Å². The number of methoxy groups -OCH3 is 2. The molecule has 23 heavy (non-hydrogen) atoms. The average molecular weight is 317 g/mol. The molecular weight excluding hydrogens is 290 g/mol. The van der Waals surface area contributed by atoms with Crippen molar-refractivity contribution >= 4 is 0 Å². The van der Waals surface area contributed by atoms with E-state index in [4.69, 9.17) is 9.47 Å². The van der Waals surface area contributed by atoms with E-state index >= 15 is 0 Å². The van der Waals surface area contributed by atoms with Crippen LogP contribution in [0.4, 0.5) is 0 Å². The highest BCUT2D eigenvalue weighted by atomic mass is 16.5. The van der Waals surface area contributed by atoms with Crippen molar-refractivity contribution in [2.45, 2.75) is 38.2 Å². The number of aliphatic hydroxyl groups is 1. The summed E-state index contributed by atoms with van der Waals surface area (Å²) in [6, 6.07) is 6.24. The van der Waals surface area contributed by atoms with Crippen LogP contribution in [0.1, 0.15) is 32.3 Å². The molecule has 4 nitrogen and oxygen atoms in total. The first-order valence-corrected chi connectivity index (χ1v) is 8.20. The first kappa shape index (κ1) is 16.2. The van der Waals surface area contributed by atoms with Crippen LogP contribution >= 0.6 is 0 Å². The molecule has 4 heteroatoms. The van der Waals surface area contributed by atoms with Crippen molar-refractivity contribution in [3.05, 3.63) is 35.5 Å². The predicted octanol–water partition coefficient (Wildman–Crippen LogP) is 2.95. The average Bonchev–Trinajstić information content (AvgIpc) is 2.85. The number of benzene rings is 1. The van der Waals surface area contributed by atoms with Gasteiger partial charge in [0.15, 0.2) is 11.5 Å². The van der Waals surface area contributed by atoms with E-state index in [2.05, 4.69) is 37.9 Å². The van der Waals surface area contributed by atoms with Gasteiger partial charge < -0.3 is 19.5 Å². The molecule has 0 spiro atoms. The molecular formula is C19H27NO3. The van der Waals surface area contributed by atoms with E-state index in [-0.39, 0.29) is 16.9 Å². The maximum Gasteiger partial charge on any atom is 0.161 e. The van der Waals surface area contributed by atoms with Crippen molar-refractivity contribution in [2.75, 3.05) is 27.8 Å². The standard InChI is InChI=1S/C19H27NO3/c1-18(2)12-14(21)11-17-19(18,8-9-20(17)3)13-6-7-15(22-4)16(10-13)23-5/h6-7,10-11,14,21H,8-9,12H2,1-5H3/t14-,19+/m0/s1. The van der Waals surface area contributed by atoms with Gasteiger partial charge in [-0.15, -0.1) is 0 Å². The Labute approximate surface area is 138 Å². The van der Waals surface area contributed by atoms with Crippen LogP contribution in [0, 0.1) is 5.41 Å². The second-order valence-electron chi connectivity index (χ2n) is 7.35. The molecule has 1 aliphatic carbocycles. The fourth-order valence-corrected chi connectivity index (χ4v) is 4.59. The van der Waals surface area contributed by atoms with Crippen molar-refractivity contribution in [2.24, 2.45) is 5.41 Å². The minimum atomic E-state index is -0.381. The normalized spacial score (nSPS) is 29.0. The topological polar surface area (TPSA) is 41.9 Å². The van der Waals surface area contributed by atoms with Gasteiger partial charge >= 0.3 is 0 Å². The molecule has 1 aromatic carbocycles. The Morgan fingerprint density at radius 1 is 1.17 bits per heavy atom. The molecule has 1 aliphatic heterocycles. The smallest absolute Gasteiger partial charge is 0.161 e.